The Morgan fingerprint density at radius 3 is 2.94 bits per heavy atom. The molecule has 1 heterocycles. The molecule has 1 aromatic carbocycles. The first-order chi connectivity index (χ1) is 7.66. The van der Waals surface area contributed by atoms with Crippen LogP contribution in [0.15, 0.2) is 29.9 Å². The van der Waals surface area contributed by atoms with Gasteiger partial charge in [0.25, 0.3) is 0 Å². The lowest BCUT2D eigenvalue weighted by Gasteiger charge is -2.08. The minimum absolute atomic E-state index is 0.114. The van der Waals surface area contributed by atoms with Crippen molar-refractivity contribution in [2.75, 3.05) is 11.1 Å². The maximum Gasteiger partial charge on any atom is 0.221 e. The molecule has 82 valence electrons. The fraction of sp³-hybridized carbons (Fsp3) is 0.0909. The Bertz CT molecular complexity index is 508. The first-order valence-electron chi connectivity index (χ1n) is 4.73. The zero-order chi connectivity index (χ0) is 11.5. The number of anilines is 2. The number of aromatic nitrogens is 1. The van der Waals surface area contributed by atoms with Gasteiger partial charge in [0.05, 0.1) is 16.1 Å². The zero-order valence-electron chi connectivity index (χ0n) is 8.73. The van der Waals surface area contributed by atoms with Crippen LogP contribution >= 0.6 is 11.3 Å². The summed E-state index contributed by atoms with van der Waals surface area (Å²) in [6.07, 6.45) is 1.77. The highest BCUT2D eigenvalue weighted by atomic mass is 32.1. The van der Waals surface area contributed by atoms with Crippen LogP contribution < -0.4 is 11.1 Å². The SMILES string of the molecule is CC(=O)Nc1cc(N)ccc1-c1cncs1. The van der Waals surface area contributed by atoms with Gasteiger partial charge in [-0.2, -0.15) is 0 Å². The summed E-state index contributed by atoms with van der Waals surface area (Å²) in [4.78, 5) is 16.1. The number of benzene rings is 1. The highest BCUT2D eigenvalue weighted by molar-refractivity contribution is 7.13. The monoisotopic (exact) mass is 233 g/mol. The molecule has 1 amide bonds. The molecule has 0 atom stereocenters. The molecule has 0 aliphatic heterocycles. The van der Waals surface area contributed by atoms with Crippen LogP contribution in [0.3, 0.4) is 0 Å². The van der Waals surface area contributed by atoms with Crippen molar-refractivity contribution in [2.24, 2.45) is 0 Å². The summed E-state index contributed by atoms with van der Waals surface area (Å²) in [5.74, 6) is -0.114. The average molecular weight is 233 g/mol. The van der Waals surface area contributed by atoms with Crippen LogP contribution in [-0.2, 0) is 4.79 Å². The lowest BCUT2D eigenvalue weighted by Crippen LogP contribution is -2.07. The van der Waals surface area contributed by atoms with E-state index in [1.54, 1.807) is 23.8 Å². The van der Waals surface area contributed by atoms with Crippen molar-refractivity contribution in [3.63, 3.8) is 0 Å². The average Bonchev–Trinajstić information content (AvgIpc) is 2.69. The van der Waals surface area contributed by atoms with E-state index in [9.17, 15) is 4.79 Å². The molecular formula is C11H11N3OS. The van der Waals surface area contributed by atoms with Crippen molar-refractivity contribution in [1.82, 2.24) is 4.98 Å². The number of amides is 1. The highest BCUT2D eigenvalue weighted by Crippen LogP contribution is 2.32. The van der Waals surface area contributed by atoms with Crippen LogP contribution in [0, 0.1) is 0 Å². The van der Waals surface area contributed by atoms with E-state index in [-0.39, 0.29) is 5.91 Å². The van der Waals surface area contributed by atoms with E-state index < -0.39 is 0 Å². The summed E-state index contributed by atoms with van der Waals surface area (Å²) < 4.78 is 0. The van der Waals surface area contributed by atoms with Gasteiger partial charge in [-0.25, -0.2) is 0 Å². The Morgan fingerprint density at radius 2 is 2.31 bits per heavy atom. The summed E-state index contributed by atoms with van der Waals surface area (Å²) in [5, 5.41) is 2.76. The van der Waals surface area contributed by atoms with Gasteiger partial charge in [0, 0.05) is 24.4 Å². The van der Waals surface area contributed by atoms with Gasteiger partial charge in [0.2, 0.25) is 5.91 Å². The van der Waals surface area contributed by atoms with E-state index in [2.05, 4.69) is 10.3 Å². The van der Waals surface area contributed by atoms with Gasteiger partial charge in [0.1, 0.15) is 0 Å². The fourth-order valence-corrected chi connectivity index (χ4v) is 2.08. The minimum Gasteiger partial charge on any atom is -0.399 e. The molecule has 0 aliphatic rings. The number of carbonyl (C=O) groups excluding carboxylic acids is 1. The third-order valence-corrected chi connectivity index (χ3v) is 2.86. The molecule has 0 saturated heterocycles. The normalized spacial score (nSPS) is 10.1. The van der Waals surface area contributed by atoms with Crippen molar-refractivity contribution in [3.8, 4) is 10.4 Å². The molecule has 0 aliphatic carbocycles. The van der Waals surface area contributed by atoms with Crippen LogP contribution in [-0.4, -0.2) is 10.9 Å². The second kappa shape index (κ2) is 4.32. The van der Waals surface area contributed by atoms with Crippen molar-refractivity contribution in [1.29, 1.82) is 0 Å². The van der Waals surface area contributed by atoms with Crippen LogP contribution in [0.4, 0.5) is 11.4 Å². The number of thiazole rings is 1. The molecule has 2 rings (SSSR count). The first kappa shape index (κ1) is 10.6. The van der Waals surface area contributed by atoms with Gasteiger partial charge >= 0.3 is 0 Å². The second-order valence-corrected chi connectivity index (χ2v) is 4.24. The predicted octanol–water partition coefficient (Wildman–Crippen LogP) is 2.35. The molecule has 0 bridgehead atoms. The summed E-state index contributed by atoms with van der Waals surface area (Å²) in [6.45, 7) is 1.47. The summed E-state index contributed by atoms with van der Waals surface area (Å²) in [7, 11) is 0. The van der Waals surface area contributed by atoms with Crippen LogP contribution in [0.1, 0.15) is 6.92 Å². The zero-order valence-corrected chi connectivity index (χ0v) is 9.54. The molecule has 0 saturated carbocycles. The Kier molecular flexibility index (Phi) is 2.87. The van der Waals surface area contributed by atoms with E-state index in [1.807, 2.05) is 6.07 Å². The number of nitrogens with zero attached hydrogens (tertiary/aromatic N) is 1. The lowest BCUT2D eigenvalue weighted by molar-refractivity contribution is -0.114. The number of hydrogen-bond donors (Lipinski definition) is 2. The molecule has 0 unspecified atom stereocenters. The maximum absolute atomic E-state index is 11.1. The van der Waals surface area contributed by atoms with Crippen LogP contribution in [0.5, 0.6) is 0 Å². The summed E-state index contributed by atoms with van der Waals surface area (Å²) in [6, 6.07) is 5.44. The fourth-order valence-electron chi connectivity index (χ4n) is 1.42. The van der Waals surface area contributed by atoms with Gasteiger partial charge in [-0.05, 0) is 18.2 Å². The number of nitrogen functional groups attached to an aromatic ring is 1. The van der Waals surface area contributed by atoms with Crippen molar-refractivity contribution >= 4 is 28.6 Å². The van der Waals surface area contributed by atoms with Crippen molar-refractivity contribution in [3.05, 3.63) is 29.9 Å². The van der Waals surface area contributed by atoms with Crippen molar-refractivity contribution < 1.29 is 4.79 Å². The topological polar surface area (TPSA) is 68.0 Å². The van der Waals surface area contributed by atoms with E-state index >= 15 is 0 Å². The molecule has 3 N–H and O–H groups in total. The Morgan fingerprint density at radius 1 is 1.50 bits per heavy atom. The van der Waals surface area contributed by atoms with Gasteiger partial charge < -0.3 is 11.1 Å². The Labute approximate surface area is 97.1 Å². The van der Waals surface area contributed by atoms with Crippen LogP contribution in [0.2, 0.25) is 0 Å². The van der Waals surface area contributed by atoms with Gasteiger partial charge in [-0.3, -0.25) is 9.78 Å². The maximum atomic E-state index is 11.1. The molecule has 5 heteroatoms. The van der Waals surface area contributed by atoms with Gasteiger partial charge in [-0.1, -0.05) is 0 Å². The van der Waals surface area contributed by atoms with E-state index in [4.69, 9.17) is 5.73 Å². The molecule has 16 heavy (non-hydrogen) atoms. The molecule has 1 aromatic heterocycles. The number of carbonyl (C=O) groups is 1. The lowest BCUT2D eigenvalue weighted by atomic mass is 10.1. The highest BCUT2D eigenvalue weighted by Gasteiger charge is 2.08. The first-order valence-corrected chi connectivity index (χ1v) is 5.61. The Balaban J connectivity index is 2.48. The minimum atomic E-state index is -0.114. The molecule has 4 nitrogen and oxygen atoms in total. The van der Waals surface area contributed by atoms with Crippen LogP contribution in [0.25, 0.3) is 10.4 Å². The molecule has 0 fully saturated rings. The van der Waals surface area contributed by atoms with E-state index in [0.29, 0.717) is 5.69 Å². The third kappa shape index (κ3) is 2.20. The molecule has 0 radical (unpaired) electrons. The van der Waals surface area contributed by atoms with Crippen molar-refractivity contribution in [2.45, 2.75) is 6.92 Å². The quantitative estimate of drug-likeness (QED) is 0.782. The predicted molar refractivity (Wildman–Crippen MR) is 66.3 cm³/mol. The summed E-state index contributed by atoms with van der Waals surface area (Å²) in [5.41, 5.74) is 9.72. The largest absolute Gasteiger partial charge is 0.399 e. The Hall–Kier alpha value is -1.88. The smallest absolute Gasteiger partial charge is 0.221 e. The van der Waals surface area contributed by atoms with Gasteiger partial charge in [-0.15, -0.1) is 11.3 Å². The molecule has 2 aromatic rings. The third-order valence-electron chi connectivity index (χ3n) is 2.05. The standard InChI is InChI=1S/C11H11N3OS/c1-7(15)14-10-4-8(12)2-3-9(10)11-5-13-6-16-11/h2-6H,12H2,1H3,(H,14,15). The number of nitrogens with two attached hydrogens (primary N) is 1. The second-order valence-electron chi connectivity index (χ2n) is 3.35. The number of hydrogen-bond acceptors (Lipinski definition) is 4. The van der Waals surface area contributed by atoms with E-state index in [1.165, 1.54) is 18.3 Å². The van der Waals surface area contributed by atoms with E-state index in [0.717, 1.165) is 16.1 Å². The molecule has 0 spiro atoms. The number of nitrogens with one attached hydrogen (secondary N) is 1. The number of rotatable bonds is 2. The molecular weight excluding hydrogens is 222 g/mol. The van der Waals surface area contributed by atoms with Gasteiger partial charge in [0.15, 0.2) is 0 Å². The summed E-state index contributed by atoms with van der Waals surface area (Å²) >= 11 is 1.52.